The van der Waals surface area contributed by atoms with Crippen molar-refractivity contribution >= 4 is 0 Å². The van der Waals surface area contributed by atoms with E-state index in [4.69, 9.17) is 10.5 Å². The highest BCUT2D eigenvalue weighted by molar-refractivity contribution is 5.23. The summed E-state index contributed by atoms with van der Waals surface area (Å²) in [4.78, 5) is 0. The van der Waals surface area contributed by atoms with Crippen LogP contribution in [0.1, 0.15) is 32.4 Å². The van der Waals surface area contributed by atoms with E-state index < -0.39 is 17.7 Å². The summed E-state index contributed by atoms with van der Waals surface area (Å²) < 4.78 is 31.9. The van der Waals surface area contributed by atoms with Crippen molar-refractivity contribution < 1.29 is 13.5 Å². The van der Waals surface area contributed by atoms with Crippen LogP contribution in [0.5, 0.6) is 0 Å². The summed E-state index contributed by atoms with van der Waals surface area (Å²) >= 11 is 0. The lowest BCUT2D eigenvalue weighted by Crippen LogP contribution is -2.34. The summed E-state index contributed by atoms with van der Waals surface area (Å²) in [5.41, 5.74) is 6.28. The highest BCUT2D eigenvalue weighted by Crippen LogP contribution is 2.25. The van der Waals surface area contributed by atoms with E-state index in [1.54, 1.807) is 0 Å². The lowest BCUT2D eigenvalue weighted by Gasteiger charge is -2.27. The lowest BCUT2D eigenvalue weighted by atomic mass is 9.94. The van der Waals surface area contributed by atoms with Crippen molar-refractivity contribution in [2.24, 2.45) is 11.7 Å². The molecule has 1 rings (SSSR count). The molecule has 0 fully saturated rings. The number of nitrogens with two attached hydrogens (primary N) is 1. The molecule has 0 aromatic heterocycles. The van der Waals surface area contributed by atoms with Crippen molar-refractivity contribution in [2.75, 3.05) is 6.61 Å². The van der Waals surface area contributed by atoms with Gasteiger partial charge in [0, 0.05) is 18.2 Å². The molecule has 0 saturated heterocycles. The lowest BCUT2D eigenvalue weighted by molar-refractivity contribution is 0.0114. The van der Waals surface area contributed by atoms with Crippen LogP contribution in [0.15, 0.2) is 18.2 Å². The molecule has 0 spiro atoms. The third-order valence-corrected chi connectivity index (χ3v) is 2.69. The molecular formula is C13H19F2NO. The third kappa shape index (κ3) is 3.48. The van der Waals surface area contributed by atoms with Crippen molar-refractivity contribution in [2.45, 2.75) is 32.9 Å². The van der Waals surface area contributed by atoms with Crippen LogP contribution in [0, 0.1) is 17.6 Å². The predicted molar refractivity (Wildman–Crippen MR) is 63.5 cm³/mol. The number of ether oxygens (including phenoxy) is 1. The van der Waals surface area contributed by atoms with Gasteiger partial charge in [0.15, 0.2) is 0 Å². The van der Waals surface area contributed by atoms with Crippen LogP contribution in [0.2, 0.25) is 0 Å². The fourth-order valence-corrected chi connectivity index (χ4v) is 1.85. The predicted octanol–water partition coefficient (Wildman–Crippen LogP) is 3.03. The van der Waals surface area contributed by atoms with Crippen LogP contribution in [0.25, 0.3) is 0 Å². The van der Waals surface area contributed by atoms with Gasteiger partial charge in [-0.2, -0.15) is 0 Å². The molecular weight excluding hydrogens is 224 g/mol. The van der Waals surface area contributed by atoms with Gasteiger partial charge >= 0.3 is 0 Å². The molecule has 96 valence electrons. The van der Waals surface area contributed by atoms with Crippen molar-refractivity contribution in [1.29, 1.82) is 0 Å². The molecule has 1 aromatic rings. The second kappa shape index (κ2) is 6.07. The van der Waals surface area contributed by atoms with Gasteiger partial charge in [0.05, 0.1) is 12.1 Å². The number of benzene rings is 1. The van der Waals surface area contributed by atoms with Crippen molar-refractivity contribution in [3.05, 3.63) is 35.4 Å². The minimum Gasteiger partial charge on any atom is -0.376 e. The average Bonchev–Trinajstić information content (AvgIpc) is 2.24. The Bertz CT molecular complexity index is 368. The molecule has 0 amide bonds. The zero-order chi connectivity index (χ0) is 13.0. The highest BCUT2D eigenvalue weighted by Gasteiger charge is 2.25. The first-order chi connectivity index (χ1) is 7.97. The molecule has 4 heteroatoms. The van der Waals surface area contributed by atoms with E-state index in [1.807, 2.05) is 20.8 Å². The number of rotatable bonds is 5. The minimum atomic E-state index is -0.622. The Morgan fingerprint density at radius 2 is 1.94 bits per heavy atom. The van der Waals surface area contributed by atoms with Gasteiger partial charge in [-0.15, -0.1) is 0 Å². The van der Waals surface area contributed by atoms with E-state index >= 15 is 0 Å². The van der Waals surface area contributed by atoms with Gasteiger partial charge in [0.25, 0.3) is 0 Å². The maximum Gasteiger partial charge on any atom is 0.130 e. The molecule has 2 atom stereocenters. The molecule has 17 heavy (non-hydrogen) atoms. The summed E-state index contributed by atoms with van der Waals surface area (Å²) in [6.07, 6.45) is -0.278. The van der Waals surface area contributed by atoms with E-state index in [0.29, 0.717) is 12.2 Å². The number of halogens is 2. The SMILES string of the molecule is CCOC(C(C)C)C(N)c1ccc(F)cc1F. The number of hydrogen-bond acceptors (Lipinski definition) is 2. The maximum absolute atomic E-state index is 13.6. The van der Waals surface area contributed by atoms with Crippen LogP contribution >= 0.6 is 0 Å². The van der Waals surface area contributed by atoms with Gasteiger partial charge in [0.2, 0.25) is 0 Å². The first-order valence-corrected chi connectivity index (χ1v) is 5.79. The van der Waals surface area contributed by atoms with Crippen molar-refractivity contribution in [1.82, 2.24) is 0 Å². The van der Waals surface area contributed by atoms with E-state index in [9.17, 15) is 8.78 Å². The Kier molecular flexibility index (Phi) is 5.02. The summed E-state index contributed by atoms with van der Waals surface area (Å²) in [5.74, 6) is -1.06. The third-order valence-electron chi connectivity index (χ3n) is 2.69. The summed E-state index contributed by atoms with van der Waals surface area (Å²) in [6.45, 7) is 6.30. The van der Waals surface area contributed by atoms with Gasteiger partial charge in [-0.3, -0.25) is 0 Å². The van der Waals surface area contributed by atoms with Crippen LogP contribution in [-0.4, -0.2) is 12.7 Å². The summed E-state index contributed by atoms with van der Waals surface area (Å²) in [6, 6.07) is 2.85. The highest BCUT2D eigenvalue weighted by atomic mass is 19.1. The zero-order valence-electron chi connectivity index (χ0n) is 10.4. The Morgan fingerprint density at radius 1 is 1.29 bits per heavy atom. The molecule has 0 saturated carbocycles. The quantitative estimate of drug-likeness (QED) is 0.862. The Hall–Kier alpha value is -1.00. The fraction of sp³-hybridized carbons (Fsp3) is 0.538. The second-order valence-corrected chi connectivity index (χ2v) is 4.36. The zero-order valence-corrected chi connectivity index (χ0v) is 10.4. The molecule has 0 bridgehead atoms. The molecule has 0 aliphatic carbocycles. The van der Waals surface area contributed by atoms with Crippen molar-refractivity contribution in [3.8, 4) is 0 Å². The Balaban J connectivity index is 2.96. The molecule has 1 aromatic carbocycles. The second-order valence-electron chi connectivity index (χ2n) is 4.36. The average molecular weight is 243 g/mol. The normalized spacial score (nSPS) is 15.0. The summed E-state index contributed by atoms with van der Waals surface area (Å²) in [7, 11) is 0. The molecule has 2 unspecified atom stereocenters. The van der Waals surface area contributed by atoms with Gasteiger partial charge in [-0.25, -0.2) is 8.78 Å². The van der Waals surface area contributed by atoms with E-state index in [0.717, 1.165) is 6.07 Å². The van der Waals surface area contributed by atoms with Gasteiger partial charge in [-0.05, 0) is 18.9 Å². The molecule has 2 N–H and O–H groups in total. The Morgan fingerprint density at radius 3 is 2.41 bits per heavy atom. The molecule has 2 nitrogen and oxygen atoms in total. The fourth-order valence-electron chi connectivity index (χ4n) is 1.85. The van der Waals surface area contributed by atoms with Crippen LogP contribution in [-0.2, 0) is 4.74 Å². The topological polar surface area (TPSA) is 35.2 Å². The van der Waals surface area contributed by atoms with Crippen molar-refractivity contribution in [3.63, 3.8) is 0 Å². The molecule has 0 aliphatic heterocycles. The van der Waals surface area contributed by atoms with Gasteiger partial charge in [0.1, 0.15) is 11.6 Å². The van der Waals surface area contributed by atoms with Crippen LogP contribution in [0.3, 0.4) is 0 Å². The maximum atomic E-state index is 13.6. The van der Waals surface area contributed by atoms with Crippen LogP contribution in [0.4, 0.5) is 8.78 Å². The molecule has 0 heterocycles. The van der Waals surface area contributed by atoms with E-state index in [1.165, 1.54) is 12.1 Å². The first kappa shape index (κ1) is 14.1. The molecule has 0 radical (unpaired) electrons. The van der Waals surface area contributed by atoms with Gasteiger partial charge < -0.3 is 10.5 Å². The standard InChI is InChI=1S/C13H19F2NO/c1-4-17-13(8(2)3)12(16)10-6-5-9(14)7-11(10)15/h5-8,12-13H,4,16H2,1-3H3. The molecule has 0 aliphatic rings. The minimum absolute atomic E-state index is 0.161. The van der Waals surface area contributed by atoms with Crippen LogP contribution < -0.4 is 5.73 Å². The Labute approximate surface area is 101 Å². The first-order valence-electron chi connectivity index (χ1n) is 5.79. The summed E-state index contributed by atoms with van der Waals surface area (Å²) in [5, 5.41) is 0. The van der Waals surface area contributed by atoms with Gasteiger partial charge in [-0.1, -0.05) is 19.9 Å². The number of hydrogen-bond donors (Lipinski definition) is 1. The van der Waals surface area contributed by atoms with E-state index in [-0.39, 0.29) is 12.0 Å². The smallest absolute Gasteiger partial charge is 0.130 e. The monoisotopic (exact) mass is 243 g/mol. The van der Waals surface area contributed by atoms with E-state index in [2.05, 4.69) is 0 Å². The largest absolute Gasteiger partial charge is 0.376 e.